The Morgan fingerprint density at radius 1 is 1.75 bits per heavy atom. The number of hydrogen-bond donors (Lipinski definition) is 1. The first kappa shape index (κ1) is 8.97. The predicted octanol–water partition coefficient (Wildman–Crippen LogP) is 1.39. The van der Waals surface area contributed by atoms with E-state index in [0.29, 0.717) is 19.3 Å². The van der Waals surface area contributed by atoms with Crippen LogP contribution >= 0.6 is 0 Å². The molecule has 3 nitrogen and oxygen atoms in total. The third-order valence-electron chi connectivity index (χ3n) is 2.18. The molecule has 1 N–H and O–H groups in total. The molecule has 0 aromatic carbocycles. The topological polar surface area (TPSA) is 54.4 Å². The van der Waals surface area contributed by atoms with Gasteiger partial charge in [-0.15, -0.1) is 0 Å². The van der Waals surface area contributed by atoms with E-state index in [4.69, 9.17) is 5.11 Å². The van der Waals surface area contributed by atoms with Crippen LogP contribution in [0.4, 0.5) is 0 Å². The van der Waals surface area contributed by atoms with Gasteiger partial charge in [-0.2, -0.15) is 0 Å². The Labute approximate surface area is 71.1 Å². The van der Waals surface area contributed by atoms with E-state index in [0.717, 1.165) is 5.57 Å². The number of rotatable bonds is 2. The molecule has 0 bridgehead atoms. The normalized spacial score (nSPS) is 23.6. The van der Waals surface area contributed by atoms with Crippen LogP contribution in [0.15, 0.2) is 11.6 Å². The zero-order valence-corrected chi connectivity index (χ0v) is 7.04. The van der Waals surface area contributed by atoms with Crippen LogP contribution in [0.1, 0.15) is 26.2 Å². The molecule has 1 aliphatic rings. The number of ketones is 1. The lowest BCUT2D eigenvalue weighted by atomic mass is 9.86. The molecule has 3 heteroatoms. The van der Waals surface area contributed by atoms with Crippen LogP contribution in [0.5, 0.6) is 0 Å². The van der Waals surface area contributed by atoms with Crippen molar-refractivity contribution in [3.8, 4) is 0 Å². The number of aliphatic carboxylic acids is 1. The van der Waals surface area contributed by atoms with Gasteiger partial charge in [-0.3, -0.25) is 9.59 Å². The van der Waals surface area contributed by atoms with Crippen molar-refractivity contribution >= 4 is 11.8 Å². The smallest absolute Gasteiger partial charge is 0.310 e. The molecule has 0 saturated carbocycles. The van der Waals surface area contributed by atoms with E-state index >= 15 is 0 Å². The molecule has 0 aliphatic heterocycles. The maximum atomic E-state index is 10.9. The lowest BCUT2D eigenvalue weighted by Gasteiger charge is -2.18. The van der Waals surface area contributed by atoms with Crippen molar-refractivity contribution in [3.63, 3.8) is 0 Å². The number of allylic oxidation sites excluding steroid dienone is 1. The van der Waals surface area contributed by atoms with Gasteiger partial charge in [-0.25, -0.2) is 0 Å². The Kier molecular flexibility index (Phi) is 2.63. The van der Waals surface area contributed by atoms with Gasteiger partial charge in [0.25, 0.3) is 0 Å². The van der Waals surface area contributed by atoms with Crippen LogP contribution in [0.2, 0.25) is 0 Å². The summed E-state index contributed by atoms with van der Waals surface area (Å²) < 4.78 is 0. The average Bonchev–Trinajstić information content (AvgIpc) is 2.03. The van der Waals surface area contributed by atoms with E-state index < -0.39 is 11.9 Å². The summed E-state index contributed by atoms with van der Waals surface area (Å²) in [5.41, 5.74) is 0.763. The summed E-state index contributed by atoms with van der Waals surface area (Å²) >= 11 is 0. The number of carboxylic acid groups (broad SMARTS) is 1. The second-order valence-electron chi connectivity index (χ2n) is 2.97. The van der Waals surface area contributed by atoms with Crippen molar-refractivity contribution in [2.75, 3.05) is 0 Å². The van der Waals surface area contributed by atoms with Crippen molar-refractivity contribution in [1.29, 1.82) is 0 Å². The Morgan fingerprint density at radius 3 is 2.92 bits per heavy atom. The second-order valence-corrected chi connectivity index (χ2v) is 2.97. The molecular formula is C9H12O3. The third kappa shape index (κ3) is 1.72. The van der Waals surface area contributed by atoms with Gasteiger partial charge in [0.2, 0.25) is 0 Å². The molecule has 0 aromatic heterocycles. The maximum Gasteiger partial charge on any atom is 0.310 e. The molecule has 0 fully saturated rings. The number of carboxylic acids is 1. The van der Waals surface area contributed by atoms with Crippen LogP contribution in [0.3, 0.4) is 0 Å². The summed E-state index contributed by atoms with van der Waals surface area (Å²) in [6.45, 7) is 1.88. The molecule has 1 unspecified atom stereocenters. The fraction of sp³-hybridized carbons (Fsp3) is 0.556. The molecule has 0 amide bonds. The van der Waals surface area contributed by atoms with E-state index in [1.807, 2.05) is 6.92 Å². The lowest BCUT2D eigenvalue weighted by Crippen LogP contribution is -2.21. The van der Waals surface area contributed by atoms with Gasteiger partial charge >= 0.3 is 5.97 Å². The van der Waals surface area contributed by atoms with Crippen molar-refractivity contribution in [3.05, 3.63) is 11.6 Å². The highest BCUT2D eigenvalue weighted by molar-refractivity contribution is 5.93. The standard InChI is InChI=1S/C9H12O3/c1-2-6-5-7(10)3-4-8(6)9(11)12/h5,8H,2-4H2,1H3,(H,11,12). The Bertz CT molecular complexity index is 240. The Morgan fingerprint density at radius 2 is 2.42 bits per heavy atom. The summed E-state index contributed by atoms with van der Waals surface area (Å²) in [6.07, 6.45) is 2.99. The fourth-order valence-corrected chi connectivity index (χ4v) is 1.48. The molecule has 0 saturated heterocycles. The van der Waals surface area contributed by atoms with Gasteiger partial charge in [0.1, 0.15) is 0 Å². The minimum atomic E-state index is -0.810. The van der Waals surface area contributed by atoms with Crippen LogP contribution in [-0.2, 0) is 9.59 Å². The summed E-state index contributed by atoms with van der Waals surface area (Å²) in [5, 5.41) is 8.77. The maximum absolute atomic E-state index is 10.9. The van der Waals surface area contributed by atoms with E-state index in [2.05, 4.69) is 0 Å². The number of carbonyl (C=O) groups is 2. The van der Waals surface area contributed by atoms with Crippen LogP contribution in [-0.4, -0.2) is 16.9 Å². The van der Waals surface area contributed by atoms with Gasteiger partial charge in [0.05, 0.1) is 5.92 Å². The zero-order chi connectivity index (χ0) is 9.14. The highest BCUT2D eigenvalue weighted by Gasteiger charge is 2.25. The van der Waals surface area contributed by atoms with Crippen LogP contribution < -0.4 is 0 Å². The highest BCUT2D eigenvalue weighted by atomic mass is 16.4. The minimum absolute atomic E-state index is 0.0596. The van der Waals surface area contributed by atoms with E-state index in [9.17, 15) is 9.59 Å². The summed E-state index contributed by atoms with van der Waals surface area (Å²) in [5.74, 6) is -1.17. The van der Waals surface area contributed by atoms with Crippen LogP contribution in [0, 0.1) is 5.92 Å². The van der Waals surface area contributed by atoms with E-state index in [1.54, 1.807) is 0 Å². The SMILES string of the molecule is CCC1=CC(=O)CCC1C(=O)O. The zero-order valence-electron chi connectivity index (χ0n) is 7.04. The molecule has 1 aliphatic carbocycles. The van der Waals surface area contributed by atoms with Crippen molar-refractivity contribution in [1.82, 2.24) is 0 Å². The molecule has 0 spiro atoms. The predicted molar refractivity (Wildman–Crippen MR) is 43.7 cm³/mol. The number of carbonyl (C=O) groups excluding carboxylic acids is 1. The molecular weight excluding hydrogens is 156 g/mol. The van der Waals surface area contributed by atoms with Gasteiger partial charge in [-0.1, -0.05) is 12.5 Å². The molecule has 0 radical (unpaired) electrons. The Hall–Kier alpha value is -1.12. The quantitative estimate of drug-likeness (QED) is 0.677. The average molecular weight is 168 g/mol. The van der Waals surface area contributed by atoms with Gasteiger partial charge < -0.3 is 5.11 Å². The Balaban J connectivity index is 2.84. The summed E-state index contributed by atoms with van der Waals surface area (Å²) in [7, 11) is 0. The van der Waals surface area contributed by atoms with Crippen molar-refractivity contribution in [2.24, 2.45) is 5.92 Å². The summed E-state index contributed by atoms with van der Waals surface area (Å²) in [6, 6.07) is 0. The first-order chi connectivity index (χ1) is 5.65. The van der Waals surface area contributed by atoms with Crippen molar-refractivity contribution in [2.45, 2.75) is 26.2 Å². The van der Waals surface area contributed by atoms with Crippen molar-refractivity contribution < 1.29 is 14.7 Å². The minimum Gasteiger partial charge on any atom is -0.481 e. The lowest BCUT2D eigenvalue weighted by molar-refractivity contribution is -0.140. The van der Waals surface area contributed by atoms with Crippen LogP contribution in [0.25, 0.3) is 0 Å². The van der Waals surface area contributed by atoms with Gasteiger partial charge in [-0.05, 0) is 18.9 Å². The molecule has 12 heavy (non-hydrogen) atoms. The monoisotopic (exact) mass is 168 g/mol. The summed E-state index contributed by atoms with van der Waals surface area (Å²) in [4.78, 5) is 21.6. The first-order valence-corrected chi connectivity index (χ1v) is 4.11. The first-order valence-electron chi connectivity index (χ1n) is 4.11. The third-order valence-corrected chi connectivity index (χ3v) is 2.18. The van der Waals surface area contributed by atoms with Gasteiger partial charge in [0, 0.05) is 6.42 Å². The molecule has 1 rings (SSSR count). The van der Waals surface area contributed by atoms with E-state index in [1.165, 1.54) is 6.08 Å². The molecule has 66 valence electrons. The largest absolute Gasteiger partial charge is 0.481 e. The van der Waals surface area contributed by atoms with E-state index in [-0.39, 0.29) is 5.78 Å². The molecule has 1 atom stereocenters. The fourth-order valence-electron chi connectivity index (χ4n) is 1.48. The molecule has 0 heterocycles. The number of hydrogen-bond acceptors (Lipinski definition) is 2. The van der Waals surface area contributed by atoms with Gasteiger partial charge in [0.15, 0.2) is 5.78 Å². The molecule has 0 aromatic rings. The highest BCUT2D eigenvalue weighted by Crippen LogP contribution is 2.25. The second kappa shape index (κ2) is 3.52.